The Hall–Kier alpha value is -2.75. The van der Waals surface area contributed by atoms with Crippen LogP contribution in [0.2, 0.25) is 0 Å². The summed E-state index contributed by atoms with van der Waals surface area (Å²) in [5, 5.41) is 19.0. The van der Waals surface area contributed by atoms with Gasteiger partial charge in [-0.25, -0.2) is 9.78 Å². The number of hydrogen-bond acceptors (Lipinski definition) is 6. The van der Waals surface area contributed by atoms with Crippen molar-refractivity contribution in [3.8, 4) is 11.4 Å². The Bertz CT molecular complexity index is 1000. The molecule has 1 aromatic carbocycles. The number of aromatic amines is 2. The SMILES string of the molecule is O=c1[nH]c(=O)n([C@H]2C[C@H](O)[C@@H](CO)O2)cc1-c1nc2ccccc2[nH]1. The number of para-hydroxylation sites is 2. The van der Waals surface area contributed by atoms with Crippen molar-refractivity contribution in [2.45, 2.75) is 24.9 Å². The van der Waals surface area contributed by atoms with Crippen LogP contribution in [0, 0.1) is 0 Å². The first kappa shape index (κ1) is 15.8. The van der Waals surface area contributed by atoms with Crippen LogP contribution in [0.15, 0.2) is 40.1 Å². The number of fused-ring (bicyclic) bond motifs is 1. The van der Waals surface area contributed by atoms with Crippen LogP contribution in [0.4, 0.5) is 0 Å². The molecule has 3 aromatic rings. The molecule has 0 aliphatic carbocycles. The van der Waals surface area contributed by atoms with E-state index >= 15 is 0 Å². The maximum Gasteiger partial charge on any atom is 0.330 e. The Balaban J connectivity index is 1.79. The number of rotatable bonds is 3. The monoisotopic (exact) mass is 344 g/mol. The average Bonchev–Trinajstić information content (AvgIpc) is 3.18. The fourth-order valence-corrected chi connectivity index (χ4v) is 3.00. The van der Waals surface area contributed by atoms with Gasteiger partial charge < -0.3 is 19.9 Å². The number of ether oxygens (including phenoxy) is 1. The van der Waals surface area contributed by atoms with E-state index in [0.717, 1.165) is 5.52 Å². The van der Waals surface area contributed by atoms with Crippen molar-refractivity contribution in [3.63, 3.8) is 0 Å². The fourth-order valence-electron chi connectivity index (χ4n) is 3.00. The van der Waals surface area contributed by atoms with Crippen molar-refractivity contribution >= 4 is 11.0 Å². The summed E-state index contributed by atoms with van der Waals surface area (Å²) in [6, 6.07) is 7.32. The summed E-state index contributed by atoms with van der Waals surface area (Å²) >= 11 is 0. The Kier molecular flexibility index (Phi) is 3.75. The van der Waals surface area contributed by atoms with Gasteiger partial charge in [-0.05, 0) is 12.1 Å². The number of nitrogens with one attached hydrogen (secondary N) is 2. The Morgan fingerprint density at radius 3 is 2.80 bits per heavy atom. The molecular formula is C16H16N4O5. The van der Waals surface area contributed by atoms with Gasteiger partial charge in [0.05, 0.1) is 29.3 Å². The molecule has 1 saturated heterocycles. The molecule has 0 radical (unpaired) electrons. The summed E-state index contributed by atoms with van der Waals surface area (Å²) in [4.78, 5) is 34.0. The summed E-state index contributed by atoms with van der Waals surface area (Å²) in [7, 11) is 0. The second kappa shape index (κ2) is 5.96. The lowest BCUT2D eigenvalue weighted by Gasteiger charge is -2.14. The van der Waals surface area contributed by atoms with Crippen LogP contribution in [-0.4, -0.2) is 48.5 Å². The number of H-pyrrole nitrogens is 2. The zero-order chi connectivity index (χ0) is 17.6. The van der Waals surface area contributed by atoms with E-state index in [1.807, 2.05) is 24.3 Å². The lowest BCUT2D eigenvalue weighted by atomic mass is 10.2. The normalized spacial score (nSPS) is 23.4. The lowest BCUT2D eigenvalue weighted by molar-refractivity contribution is -0.0458. The first-order valence-electron chi connectivity index (χ1n) is 7.82. The molecule has 2 aromatic heterocycles. The van der Waals surface area contributed by atoms with Gasteiger partial charge in [0, 0.05) is 12.6 Å². The highest BCUT2D eigenvalue weighted by Gasteiger charge is 2.35. The van der Waals surface area contributed by atoms with Gasteiger partial charge in [0.25, 0.3) is 5.56 Å². The molecule has 0 spiro atoms. The van der Waals surface area contributed by atoms with Gasteiger partial charge in [-0.3, -0.25) is 14.3 Å². The summed E-state index contributed by atoms with van der Waals surface area (Å²) in [5.41, 5.74) is 0.421. The van der Waals surface area contributed by atoms with Gasteiger partial charge in [-0.2, -0.15) is 0 Å². The molecule has 9 nitrogen and oxygen atoms in total. The van der Waals surface area contributed by atoms with Gasteiger partial charge >= 0.3 is 5.69 Å². The molecule has 1 aliphatic heterocycles. The number of benzene rings is 1. The predicted molar refractivity (Wildman–Crippen MR) is 88.0 cm³/mol. The molecule has 0 saturated carbocycles. The van der Waals surface area contributed by atoms with E-state index in [9.17, 15) is 19.8 Å². The average molecular weight is 344 g/mol. The Labute approximate surface area is 140 Å². The molecule has 1 fully saturated rings. The molecule has 0 bridgehead atoms. The van der Waals surface area contributed by atoms with Crippen molar-refractivity contribution in [1.29, 1.82) is 0 Å². The van der Waals surface area contributed by atoms with Crippen molar-refractivity contribution in [2.75, 3.05) is 6.61 Å². The molecule has 9 heteroatoms. The van der Waals surface area contributed by atoms with E-state index in [4.69, 9.17) is 4.74 Å². The Morgan fingerprint density at radius 1 is 1.28 bits per heavy atom. The Morgan fingerprint density at radius 2 is 2.08 bits per heavy atom. The number of aliphatic hydroxyl groups excluding tert-OH is 2. The third-order valence-electron chi connectivity index (χ3n) is 4.31. The second-order valence-electron chi connectivity index (χ2n) is 5.93. The van der Waals surface area contributed by atoms with Crippen LogP contribution in [0.3, 0.4) is 0 Å². The maximum atomic E-state index is 12.2. The standard InChI is InChI=1S/C16H16N4O5/c21-7-12-11(22)5-13(25-12)20-6-8(15(23)19-16(20)24)14-17-9-3-1-2-4-10(9)18-14/h1-4,6,11-13,21-22H,5,7H2,(H,17,18)(H,19,23,24)/t11-,12+,13+/m0/s1. The van der Waals surface area contributed by atoms with Gasteiger partial charge in [0.2, 0.25) is 0 Å². The molecule has 3 atom stereocenters. The summed E-state index contributed by atoms with van der Waals surface area (Å²) in [5.74, 6) is 0.327. The van der Waals surface area contributed by atoms with Crippen molar-refractivity contribution in [1.82, 2.24) is 19.5 Å². The lowest BCUT2D eigenvalue weighted by Crippen LogP contribution is -2.33. The minimum Gasteiger partial charge on any atom is -0.394 e. The number of imidazole rings is 1. The molecule has 1 aliphatic rings. The van der Waals surface area contributed by atoms with E-state index < -0.39 is 29.7 Å². The highest BCUT2D eigenvalue weighted by atomic mass is 16.5. The number of aromatic nitrogens is 4. The third-order valence-corrected chi connectivity index (χ3v) is 4.31. The first-order valence-corrected chi connectivity index (χ1v) is 7.82. The van der Waals surface area contributed by atoms with Crippen LogP contribution in [0.25, 0.3) is 22.4 Å². The highest BCUT2D eigenvalue weighted by Crippen LogP contribution is 2.28. The third kappa shape index (κ3) is 2.68. The van der Waals surface area contributed by atoms with Crippen molar-refractivity contribution in [3.05, 3.63) is 51.3 Å². The van der Waals surface area contributed by atoms with Gasteiger partial charge in [-0.1, -0.05) is 12.1 Å². The molecule has 130 valence electrons. The predicted octanol–water partition coefficient (Wildman–Crippen LogP) is -0.279. The van der Waals surface area contributed by atoms with E-state index in [1.54, 1.807) is 0 Å². The fraction of sp³-hybridized carbons (Fsp3) is 0.312. The first-order chi connectivity index (χ1) is 12.1. The molecule has 0 unspecified atom stereocenters. The summed E-state index contributed by atoms with van der Waals surface area (Å²) in [6.07, 6.45) is -0.936. The minimum absolute atomic E-state index is 0.136. The molecule has 0 amide bonds. The highest BCUT2D eigenvalue weighted by molar-refractivity contribution is 5.78. The van der Waals surface area contributed by atoms with E-state index in [1.165, 1.54) is 10.8 Å². The minimum atomic E-state index is -0.886. The number of aliphatic hydroxyl groups is 2. The summed E-state index contributed by atoms with van der Waals surface area (Å²) in [6.45, 7) is -0.355. The molecule has 3 heterocycles. The van der Waals surface area contributed by atoms with Gasteiger partial charge in [-0.15, -0.1) is 0 Å². The van der Waals surface area contributed by atoms with Crippen LogP contribution in [0.5, 0.6) is 0 Å². The number of nitrogens with zero attached hydrogens (tertiary/aromatic N) is 2. The number of hydrogen-bond donors (Lipinski definition) is 4. The van der Waals surface area contributed by atoms with Crippen LogP contribution >= 0.6 is 0 Å². The van der Waals surface area contributed by atoms with Crippen LogP contribution in [0.1, 0.15) is 12.6 Å². The largest absolute Gasteiger partial charge is 0.394 e. The van der Waals surface area contributed by atoms with E-state index in [-0.39, 0.29) is 18.6 Å². The maximum absolute atomic E-state index is 12.2. The van der Waals surface area contributed by atoms with Gasteiger partial charge in [0.1, 0.15) is 18.2 Å². The second-order valence-corrected chi connectivity index (χ2v) is 5.93. The molecule has 4 rings (SSSR count). The summed E-state index contributed by atoms with van der Waals surface area (Å²) < 4.78 is 6.69. The molecular weight excluding hydrogens is 328 g/mol. The van der Waals surface area contributed by atoms with Crippen molar-refractivity contribution in [2.24, 2.45) is 0 Å². The van der Waals surface area contributed by atoms with E-state index in [2.05, 4.69) is 15.0 Å². The van der Waals surface area contributed by atoms with Crippen LogP contribution in [-0.2, 0) is 4.74 Å². The van der Waals surface area contributed by atoms with Crippen molar-refractivity contribution < 1.29 is 14.9 Å². The smallest absolute Gasteiger partial charge is 0.330 e. The quantitative estimate of drug-likeness (QED) is 0.516. The topological polar surface area (TPSA) is 133 Å². The van der Waals surface area contributed by atoms with Crippen LogP contribution < -0.4 is 11.2 Å². The van der Waals surface area contributed by atoms with Gasteiger partial charge in [0.15, 0.2) is 0 Å². The molecule has 25 heavy (non-hydrogen) atoms. The zero-order valence-electron chi connectivity index (χ0n) is 13.0. The van der Waals surface area contributed by atoms with E-state index in [0.29, 0.717) is 11.3 Å². The zero-order valence-corrected chi connectivity index (χ0v) is 13.0. The molecule has 4 N–H and O–H groups in total.